The number of nitrogens with zero attached hydrogens (tertiary/aromatic N) is 4. The van der Waals surface area contributed by atoms with Crippen molar-refractivity contribution in [2.45, 2.75) is 25.6 Å². The number of halogens is 3. The molecule has 1 fully saturated rings. The third-order valence-corrected chi connectivity index (χ3v) is 6.15. The predicted molar refractivity (Wildman–Crippen MR) is 118 cm³/mol. The summed E-state index contributed by atoms with van der Waals surface area (Å²) < 4.78 is 40.8. The molecule has 3 heterocycles. The lowest BCUT2D eigenvalue weighted by molar-refractivity contribution is -0.137. The Hall–Kier alpha value is -2.98. The van der Waals surface area contributed by atoms with Crippen molar-refractivity contribution in [2.24, 2.45) is 13.0 Å². The van der Waals surface area contributed by atoms with E-state index in [0.29, 0.717) is 29.5 Å². The van der Waals surface area contributed by atoms with Gasteiger partial charge in [-0.1, -0.05) is 6.07 Å². The minimum Gasteiger partial charge on any atom is -0.388 e. The fourth-order valence-electron chi connectivity index (χ4n) is 4.25. The second-order valence-corrected chi connectivity index (χ2v) is 8.41. The summed E-state index contributed by atoms with van der Waals surface area (Å²) in [6, 6.07) is 3.88. The number of aromatic nitrogens is 3. The lowest BCUT2D eigenvalue weighted by Gasteiger charge is -2.32. The van der Waals surface area contributed by atoms with Crippen LogP contribution in [0.5, 0.6) is 0 Å². The van der Waals surface area contributed by atoms with Gasteiger partial charge in [-0.15, -0.1) is 0 Å². The van der Waals surface area contributed by atoms with Gasteiger partial charge in [0.05, 0.1) is 11.1 Å². The Morgan fingerprint density at radius 1 is 1.21 bits per heavy atom. The second kappa shape index (κ2) is 9.48. The van der Waals surface area contributed by atoms with E-state index in [1.54, 1.807) is 17.7 Å². The Kier molecular flexibility index (Phi) is 6.66. The summed E-state index contributed by atoms with van der Waals surface area (Å²) in [5.41, 5.74) is 1.20. The fourth-order valence-corrected chi connectivity index (χ4v) is 4.25. The third-order valence-electron chi connectivity index (χ3n) is 6.15. The molecule has 2 N–H and O–H groups in total. The Bertz CT molecular complexity index is 1120. The molecule has 1 aromatic carbocycles. The van der Waals surface area contributed by atoms with Crippen molar-refractivity contribution in [1.82, 2.24) is 19.9 Å². The van der Waals surface area contributed by atoms with E-state index in [1.807, 2.05) is 6.20 Å². The highest BCUT2D eigenvalue weighted by Crippen LogP contribution is 2.32. The highest BCUT2D eigenvalue weighted by Gasteiger charge is 2.31. The number of nitrogens with one attached hydrogen (secondary N) is 1. The van der Waals surface area contributed by atoms with Crippen molar-refractivity contribution in [3.05, 3.63) is 53.5 Å². The van der Waals surface area contributed by atoms with E-state index in [0.717, 1.165) is 49.5 Å². The average molecular weight is 461 g/mol. The molecule has 33 heavy (non-hydrogen) atoms. The molecule has 0 saturated carbocycles. The summed E-state index contributed by atoms with van der Waals surface area (Å²) in [5, 5.41) is 13.2. The zero-order chi connectivity index (χ0) is 23.6. The molecule has 7 nitrogen and oxygen atoms in total. The molecule has 3 aromatic rings. The van der Waals surface area contributed by atoms with Crippen LogP contribution in [0.4, 0.5) is 19.1 Å². The van der Waals surface area contributed by atoms with Gasteiger partial charge in [-0.25, -0.2) is 9.97 Å². The van der Waals surface area contributed by atoms with Gasteiger partial charge in [0.25, 0.3) is 0 Å². The first-order chi connectivity index (χ1) is 15.8. The number of carbonyl (C=O) groups is 1. The number of piperidine rings is 1. The molecule has 10 heteroatoms. The first-order valence-corrected chi connectivity index (χ1v) is 10.8. The molecule has 0 unspecified atom stereocenters. The molecule has 1 aliphatic rings. The molecular weight excluding hydrogens is 435 g/mol. The van der Waals surface area contributed by atoms with Crippen LogP contribution in [0.1, 0.15) is 34.3 Å². The summed E-state index contributed by atoms with van der Waals surface area (Å²) in [6.07, 6.45) is 2.32. The maximum atomic E-state index is 13.0. The van der Waals surface area contributed by atoms with E-state index < -0.39 is 24.1 Å². The maximum absolute atomic E-state index is 13.0. The molecule has 176 valence electrons. The van der Waals surface area contributed by atoms with E-state index in [9.17, 15) is 18.0 Å². The number of Topliss-reactive ketones (excluding diaryl/α,β-unsaturated/α-hetero) is 1. The molecular formula is C23H26F3N5O2. The summed E-state index contributed by atoms with van der Waals surface area (Å²) in [6.45, 7) is 2.44. The quantitative estimate of drug-likeness (QED) is 0.526. The normalized spacial score (nSPS) is 15.4. The van der Waals surface area contributed by atoms with E-state index in [4.69, 9.17) is 5.11 Å². The third kappa shape index (κ3) is 5.17. The van der Waals surface area contributed by atoms with Crippen LogP contribution in [0.15, 0.2) is 36.8 Å². The minimum absolute atomic E-state index is 0.295. The van der Waals surface area contributed by atoms with Crippen molar-refractivity contribution in [3.8, 4) is 0 Å². The van der Waals surface area contributed by atoms with Crippen molar-refractivity contribution in [2.75, 3.05) is 31.1 Å². The average Bonchev–Trinajstić information content (AvgIpc) is 3.13. The summed E-state index contributed by atoms with van der Waals surface area (Å²) in [7, 11) is 1.76. The van der Waals surface area contributed by atoms with E-state index in [-0.39, 0.29) is 0 Å². The first kappa shape index (κ1) is 23.2. The molecule has 0 amide bonds. The highest BCUT2D eigenvalue weighted by atomic mass is 19.4. The number of carbonyl (C=O) groups excluding carboxylic acids is 1. The number of aliphatic hydroxyl groups is 1. The largest absolute Gasteiger partial charge is 0.416 e. The number of aliphatic hydroxyl groups excluding tert-OH is 1. The van der Waals surface area contributed by atoms with Crippen molar-refractivity contribution >= 4 is 22.6 Å². The molecule has 1 saturated heterocycles. The highest BCUT2D eigenvalue weighted by molar-refractivity contribution is 5.96. The number of hydrogen-bond acceptors (Lipinski definition) is 6. The first-order valence-electron chi connectivity index (χ1n) is 10.8. The van der Waals surface area contributed by atoms with Gasteiger partial charge in [0.15, 0.2) is 5.78 Å². The lowest BCUT2D eigenvalue weighted by atomic mass is 9.97. The molecule has 4 rings (SSSR count). The van der Waals surface area contributed by atoms with Gasteiger partial charge in [-0.3, -0.25) is 4.79 Å². The van der Waals surface area contributed by atoms with E-state index in [2.05, 4.69) is 20.2 Å². The Labute approximate surface area is 189 Å². The maximum Gasteiger partial charge on any atom is 0.416 e. The number of ketones is 1. The zero-order valence-electron chi connectivity index (χ0n) is 18.3. The van der Waals surface area contributed by atoms with Gasteiger partial charge >= 0.3 is 6.18 Å². The van der Waals surface area contributed by atoms with E-state index in [1.165, 1.54) is 18.5 Å². The van der Waals surface area contributed by atoms with Gasteiger partial charge in [-0.2, -0.15) is 13.2 Å². The van der Waals surface area contributed by atoms with Crippen LogP contribution in [0.25, 0.3) is 10.9 Å². The van der Waals surface area contributed by atoms with Crippen LogP contribution in [0.2, 0.25) is 0 Å². The second-order valence-electron chi connectivity index (χ2n) is 8.41. The molecule has 0 bridgehead atoms. The Morgan fingerprint density at radius 2 is 1.91 bits per heavy atom. The molecule has 0 aliphatic carbocycles. The number of benzene rings is 1. The summed E-state index contributed by atoms with van der Waals surface area (Å²) in [5.74, 6) is 0.645. The van der Waals surface area contributed by atoms with Crippen molar-refractivity contribution < 1.29 is 23.1 Å². The van der Waals surface area contributed by atoms with Crippen LogP contribution in [0, 0.1) is 5.92 Å². The topological polar surface area (TPSA) is 83.3 Å². The van der Waals surface area contributed by atoms with Gasteiger partial charge in [0.1, 0.15) is 6.61 Å². The molecule has 0 radical (unpaired) electrons. The molecule has 0 spiro atoms. The Balaban J connectivity index is 1.29. The van der Waals surface area contributed by atoms with Crippen LogP contribution < -0.4 is 10.2 Å². The zero-order valence-corrected chi connectivity index (χ0v) is 18.3. The number of fused-ring (bicyclic) bond motifs is 1. The van der Waals surface area contributed by atoms with Crippen molar-refractivity contribution in [3.63, 3.8) is 0 Å². The molecule has 1 aliphatic heterocycles. The SMILES string of the molecule is Cn1cc(CNCC2CCN(c3ncc(C(=O)CO)cn3)CC2)c2ccc(C(F)(F)F)cc21. The molecule has 2 aromatic heterocycles. The van der Waals surface area contributed by atoms with E-state index >= 15 is 0 Å². The lowest BCUT2D eigenvalue weighted by Crippen LogP contribution is -2.38. The smallest absolute Gasteiger partial charge is 0.388 e. The molecule has 0 atom stereocenters. The monoisotopic (exact) mass is 461 g/mol. The fraction of sp³-hybridized carbons (Fsp3) is 0.435. The predicted octanol–water partition coefficient (Wildman–Crippen LogP) is 3.17. The van der Waals surface area contributed by atoms with Gasteiger partial charge < -0.3 is 19.9 Å². The number of anilines is 1. The summed E-state index contributed by atoms with van der Waals surface area (Å²) in [4.78, 5) is 22.0. The standard InChI is InChI=1S/C23H26F3N5O2/c1-30-13-17(19-3-2-18(8-20(19)30)23(24,25)26)10-27-9-15-4-6-31(7-5-15)22-28-11-16(12-29-22)21(33)14-32/h2-3,8,11-13,15,27,32H,4-7,9-10,14H2,1H3. The number of aryl methyl sites for hydroxylation is 1. The van der Waals surface area contributed by atoms with Crippen molar-refractivity contribution in [1.29, 1.82) is 0 Å². The number of alkyl halides is 3. The van der Waals surface area contributed by atoms with Crippen LogP contribution >= 0.6 is 0 Å². The van der Waals surface area contributed by atoms with Crippen LogP contribution in [-0.4, -0.2) is 51.7 Å². The Morgan fingerprint density at radius 3 is 2.55 bits per heavy atom. The van der Waals surface area contributed by atoms with Gasteiger partial charge in [0.2, 0.25) is 5.95 Å². The number of rotatable bonds is 7. The summed E-state index contributed by atoms with van der Waals surface area (Å²) >= 11 is 0. The van der Waals surface area contributed by atoms with Crippen LogP contribution in [-0.2, 0) is 19.8 Å². The van der Waals surface area contributed by atoms with Crippen LogP contribution in [0.3, 0.4) is 0 Å². The van der Waals surface area contributed by atoms with Gasteiger partial charge in [0, 0.05) is 56.2 Å². The number of hydrogen-bond donors (Lipinski definition) is 2. The minimum atomic E-state index is -4.35. The van der Waals surface area contributed by atoms with Gasteiger partial charge in [-0.05, 0) is 43.0 Å².